The van der Waals surface area contributed by atoms with E-state index >= 15 is 0 Å². The monoisotopic (exact) mass is 413 g/mol. The Kier molecular flexibility index (Phi) is 6.18. The Hall–Kier alpha value is -1.95. The molecule has 4 rings (SSSR count). The van der Waals surface area contributed by atoms with Crippen molar-refractivity contribution in [2.24, 2.45) is 0 Å². The second-order valence-corrected chi connectivity index (χ2v) is 8.68. The Balaban J connectivity index is 1.45. The van der Waals surface area contributed by atoms with E-state index in [1.807, 2.05) is 42.5 Å². The second kappa shape index (κ2) is 8.82. The molecule has 1 saturated heterocycles. The smallest absolute Gasteiger partial charge is 0.234 e. The van der Waals surface area contributed by atoms with Gasteiger partial charge in [-0.2, -0.15) is 0 Å². The van der Waals surface area contributed by atoms with Gasteiger partial charge in [0.2, 0.25) is 5.91 Å². The first-order valence-corrected chi connectivity index (χ1v) is 10.8. The fourth-order valence-electron chi connectivity index (χ4n) is 4.79. The summed E-state index contributed by atoms with van der Waals surface area (Å²) in [7, 11) is 0. The highest BCUT2D eigenvalue weighted by atomic mass is 35.5. The number of carbonyl (C=O) groups excluding carboxylic acids is 1. The molecule has 2 heterocycles. The van der Waals surface area contributed by atoms with Crippen LogP contribution < -0.4 is 10.6 Å². The van der Waals surface area contributed by atoms with Gasteiger partial charge in [-0.05, 0) is 49.1 Å². The van der Waals surface area contributed by atoms with Gasteiger partial charge in [-0.3, -0.25) is 9.78 Å². The summed E-state index contributed by atoms with van der Waals surface area (Å²) in [5.74, 6) is -0.0206. The van der Waals surface area contributed by atoms with Crippen LogP contribution in [-0.4, -0.2) is 29.6 Å². The lowest BCUT2D eigenvalue weighted by Crippen LogP contribution is -2.57. The number of benzene rings is 1. The lowest BCUT2D eigenvalue weighted by molar-refractivity contribution is -0.132. The summed E-state index contributed by atoms with van der Waals surface area (Å²) in [4.78, 5) is 17.5. The van der Waals surface area contributed by atoms with Crippen molar-refractivity contribution in [2.75, 3.05) is 13.2 Å². The Morgan fingerprint density at radius 1 is 1.14 bits per heavy atom. The van der Waals surface area contributed by atoms with E-state index in [4.69, 9.17) is 16.3 Å². The number of rotatable bonds is 6. The zero-order chi connectivity index (χ0) is 20.2. The molecule has 1 saturated carbocycles. The quantitative estimate of drug-likeness (QED) is 0.752. The van der Waals surface area contributed by atoms with Crippen LogP contribution in [0.3, 0.4) is 0 Å². The van der Waals surface area contributed by atoms with Gasteiger partial charge in [-0.15, -0.1) is 0 Å². The molecular formula is C23H28ClN3O2. The summed E-state index contributed by atoms with van der Waals surface area (Å²) in [6.07, 6.45) is 7.83. The van der Waals surface area contributed by atoms with Gasteiger partial charge in [-0.25, -0.2) is 0 Å². The average molecular weight is 414 g/mol. The molecule has 1 aliphatic carbocycles. The van der Waals surface area contributed by atoms with Crippen LogP contribution in [-0.2, 0) is 21.6 Å². The number of hydrogen-bond donors (Lipinski definition) is 2. The van der Waals surface area contributed by atoms with Crippen molar-refractivity contribution >= 4 is 17.5 Å². The predicted molar refractivity (Wildman–Crippen MR) is 114 cm³/mol. The summed E-state index contributed by atoms with van der Waals surface area (Å²) < 4.78 is 6.23. The molecule has 1 aromatic heterocycles. The van der Waals surface area contributed by atoms with Crippen LogP contribution in [0, 0.1) is 0 Å². The first kappa shape index (κ1) is 20.3. The fraction of sp³-hybridized carbons (Fsp3) is 0.478. The zero-order valence-electron chi connectivity index (χ0n) is 16.6. The van der Waals surface area contributed by atoms with Crippen molar-refractivity contribution in [3.8, 4) is 0 Å². The van der Waals surface area contributed by atoms with Crippen molar-refractivity contribution < 1.29 is 9.53 Å². The molecule has 2 aromatic rings. The van der Waals surface area contributed by atoms with Crippen LogP contribution in [0.15, 0.2) is 48.7 Å². The normalized spacial score (nSPS) is 23.2. The molecule has 5 nitrogen and oxygen atoms in total. The third-order valence-corrected chi connectivity index (χ3v) is 6.35. The maximum atomic E-state index is 12.9. The highest BCUT2D eigenvalue weighted by Gasteiger charge is 2.49. The van der Waals surface area contributed by atoms with E-state index < -0.39 is 5.54 Å². The summed E-state index contributed by atoms with van der Waals surface area (Å²) in [5.41, 5.74) is 1.38. The highest BCUT2D eigenvalue weighted by molar-refractivity contribution is 6.30. The van der Waals surface area contributed by atoms with Crippen molar-refractivity contribution in [2.45, 2.75) is 56.2 Å². The van der Waals surface area contributed by atoms with E-state index in [2.05, 4.69) is 15.6 Å². The third-order valence-electron chi connectivity index (χ3n) is 6.11. The molecule has 154 valence electrons. The molecule has 1 amide bonds. The number of ether oxygens (including phenoxy) is 1. The van der Waals surface area contributed by atoms with E-state index in [-0.39, 0.29) is 18.1 Å². The Morgan fingerprint density at radius 2 is 2.00 bits per heavy atom. The molecule has 2 aliphatic rings. The molecule has 1 atom stereocenters. The molecule has 0 bridgehead atoms. The molecule has 6 heteroatoms. The molecule has 29 heavy (non-hydrogen) atoms. The molecule has 1 unspecified atom stereocenters. The topological polar surface area (TPSA) is 63.2 Å². The van der Waals surface area contributed by atoms with Gasteiger partial charge in [0.25, 0.3) is 0 Å². The van der Waals surface area contributed by atoms with Gasteiger partial charge in [0.1, 0.15) is 0 Å². The first-order valence-electron chi connectivity index (χ1n) is 10.4. The maximum Gasteiger partial charge on any atom is 0.234 e. The number of nitrogens with zero attached hydrogens (tertiary/aromatic N) is 1. The van der Waals surface area contributed by atoms with E-state index in [1.165, 1.54) is 12.8 Å². The van der Waals surface area contributed by atoms with Crippen LogP contribution in [0.4, 0.5) is 0 Å². The molecular weight excluding hydrogens is 386 g/mol. The number of halogens is 1. The lowest BCUT2D eigenvalue weighted by atomic mass is 9.76. The van der Waals surface area contributed by atoms with E-state index in [0.29, 0.717) is 18.2 Å². The summed E-state index contributed by atoms with van der Waals surface area (Å²) in [6, 6.07) is 13.6. The first-order chi connectivity index (χ1) is 14.1. The molecule has 0 radical (unpaired) electrons. The molecule has 1 aliphatic heterocycles. The van der Waals surface area contributed by atoms with Gasteiger partial charge >= 0.3 is 0 Å². The molecule has 2 N–H and O–H groups in total. The van der Waals surface area contributed by atoms with Crippen LogP contribution in [0.5, 0.6) is 0 Å². The molecule has 1 aromatic carbocycles. The SMILES string of the molecule is O=C(CNCc1cccc(Cl)c1)NC1(c2ccccn2)CCOC2(CCCC2)C1. The fourth-order valence-corrected chi connectivity index (χ4v) is 5.00. The Morgan fingerprint density at radius 3 is 2.76 bits per heavy atom. The largest absolute Gasteiger partial charge is 0.375 e. The third kappa shape index (κ3) is 4.80. The Labute approximate surface area is 177 Å². The van der Waals surface area contributed by atoms with Gasteiger partial charge in [0.05, 0.1) is 23.4 Å². The van der Waals surface area contributed by atoms with Crippen LogP contribution in [0.1, 0.15) is 49.8 Å². The lowest BCUT2D eigenvalue weighted by Gasteiger charge is -2.46. The highest BCUT2D eigenvalue weighted by Crippen LogP contribution is 2.46. The summed E-state index contributed by atoms with van der Waals surface area (Å²) in [6.45, 7) is 1.49. The zero-order valence-corrected chi connectivity index (χ0v) is 17.4. The summed E-state index contributed by atoms with van der Waals surface area (Å²) in [5, 5.41) is 7.25. The van der Waals surface area contributed by atoms with Gasteiger partial charge in [0.15, 0.2) is 0 Å². The van der Waals surface area contributed by atoms with Crippen molar-refractivity contribution in [3.63, 3.8) is 0 Å². The van der Waals surface area contributed by atoms with E-state index in [1.54, 1.807) is 6.20 Å². The number of carbonyl (C=O) groups is 1. The van der Waals surface area contributed by atoms with Gasteiger partial charge in [0, 0.05) is 30.8 Å². The van der Waals surface area contributed by atoms with Crippen molar-refractivity contribution in [3.05, 3.63) is 64.9 Å². The number of hydrogen-bond acceptors (Lipinski definition) is 4. The van der Waals surface area contributed by atoms with Crippen LogP contribution >= 0.6 is 11.6 Å². The standard InChI is InChI=1S/C23H28ClN3O2/c24-19-7-5-6-18(14-19)15-25-16-21(28)27-23(20-8-1-4-12-26-20)11-13-29-22(17-23)9-2-3-10-22/h1,4-8,12,14,25H,2-3,9-11,13,15-17H2,(H,27,28). The average Bonchev–Trinajstić information content (AvgIpc) is 3.16. The van der Waals surface area contributed by atoms with Crippen molar-refractivity contribution in [1.82, 2.24) is 15.6 Å². The minimum Gasteiger partial charge on any atom is -0.375 e. The maximum absolute atomic E-state index is 12.9. The van der Waals surface area contributed by atoms with Gasteiger partial charge in [-0.1, -0.05) is 42.6 Å². The number of aromatic nitrogens is 1. The summed E-state index contributed by atoms with van der Waals surface area (Å²) >= 11 is 6.03. The minimum absolute atomic E-state index is 0.0206. The minimum atomic E-state index is -0.474. The Bertz CT molecular complexity index is 839. The van der Waals surface area contributed by atoms with Gasteiger partial charge < -0.3 is 15.4 Å². The second-order valence-electron chi connectivity index (χ2n) is 8.24. The number of amides is 1. The van der Waals surface area contributed by atoms with Crippen molar-refractivity contribution in [1.29, 1.82) is 0 Å². The predicted octanol–water partition coefficient (Wildman–Crippen LogP) is 3.96. The van der Waals surface area contributed by atoms with Crippen LogP contribution in [0.2, 0.25) is 5.02 Å². The molecule has 1 spiro atoms. The van der Waals surface area contributed by atoms with E-state index in [9.17, 15) is 4.79 Å². The van der Waals surface area contributed by atoms with E-state index in [0.717, 1.165) is 36.9 Å². The number of pyridine rings is 1. The number of nitrogens with one attached hydrogen (secondary N) is 2. The molecule has 2 fully saturated rings. The van der Waals surface area contributed by atoms with Crippen LogP contribution in [0.25, 0.3) is 0 Å².